The number of rotatable bonds is 4. The lowest BCUT2D eigenvalue weighted by Gasteiger charge is -2.32. The van der Waals surface area contributed by atoms with Crippen LogP contribution >= 0.6 is 11.6 Å². The predicted octanol–water partition coefficient (Wildman–Crippen LogP) is 3.77. The fraction of sp³-hybridized carbons (Fsp3) is 0.786. The van der Waals surface area contributed by atoms with Crippen molar-refractivity contribution in [2.45, 2.75) is 59.0 Å². The van der Waals surface area contributed by atoms with E-state index in [9.17, 15) is 0 Å². The Balaban J connectivity index is 2.28. The van der Waals surface area contributed by atoms with Crippen LogP contribution in [0.15, 0.2) is 6.20 Å². The van der Waals surface area contributed by atoms with Crippen molar-refractivity contribution in [1.82, 2.24) is 9.78 Å². The van der Waals surface area contributed by atoms with E-state index in [1.807, 2.05) is 4.68 Å². The van der Waals surface area contributed by atoms with Crippen LogP contribution in [0.5, 0.6) is 0 Å². The Morgan fingerprint density at radius 3 is 2.89 bits per heavy atom. The number of aryl methyl sites for hydroxylation is 1. The Morgan fingerprint density at radius 2 is 2.33 bits per heavy atom. The fourth-order valence-electron chi connectivity index (χ4n) is 3.30. The molecule has 2 unspecified atom stereocenters. The Kier molecular flexibility index (Phi) is 4.02. The summed E-state index contributed by atoms with van der Waals surface area (Å²) in [6, 6.07) is 0.00375. The zero-order valence-corrected chi connectivity index (χ0v) is 12.4. The van der Waals surface area contributed by atoms with E-state index in [2.05, 4.69) is 25.9 Å². The van der Waals surface area contributed by atoms with Crippen LogP contribution < -0.4 is 5.73 Å². The summed E-state index contributed by atoms with van der Waals surface area (Å²) in [5.74, 6) is 0.502. The average molecular weight is 270 g/mol. The molecule has 1 saturated carbocycles. The largest absolute Gasteiger partial charge is 0.322 e. The first-order chi connectivity index (χ1) is 8.47. The van der Waals surface area contributed by atoms with Crippen LogP contribution in [0.2, 0.25) is 5.02 Å². The normalized spacial score (nSPS) is 24.4. The summed E-state index contributed by atoms with van der Waals surface area (Å²) in [7, 11) is 0. The molecular formula is C14H24ClN3. The van der Waals surface area contributed by atoms with E-state index in [1.54, 1.807) is 6.20 Å². The Bertz CT molecular complexity index is 411. The van der Waals surface area contributed by atoms with Gasteiger partial charge in [0.05, 0.1) is 23.0 Å². The van der Waals surface area contributed by atoms with Crippen molar-refractivity contribution in [3.8, 4) is 0 Å². The van der Waals surface area contributed by atoms with Gasteiger partial charge in [-0.05, 0) is 30.6 Å². The summed E-state index contributed by atoms with van der Waals surface area (Å²) in [6.07, 6.45) is 6.50. The number of hydrogen-bond acceptors (Lipinski definition) is 2. The molecule has 1 fully saturated rings. The van der Waals surface area contributed by atoms with Crippen LogP contribution in [-0.2, 0) is 6.54 Å². The standard InChI is InChI=1S/C14H24ClN3/c1-4-8-18-13(11(15)9-17-18)12(16)10-6-5-7-14(10,2)3/h9-10,12H,4-8,16H2,1-3H3. The molecule has 1 aliphatic carbocycles. The van der Waals surface area contributed by atoms with Gasteiger partial charge in [-0.15, -0.1) is 0 Å². The highest BCUT2D eigenvalue weighted by Gasteiger charge is 2.40. The van der Waals surface area contributed by atoms with Crippen molar-refractivity contribution in [2.75, 3.05) is 0 Å². The van der Waals surface area contributed by atoms with E-state index in [4.69, 9.17) is 17.3 Å². The van der Waals surface area contributed by atoms with Crippen LogP contribution in [0.3, 0.4) is 0 Å². The summed E-state index contributed by atoms with van der Waals surface area (Å²) in [6.45, 7) is 7.67. The van der Waals surface area contributed by atoms with E-state index >= 15 is 0 Å². The summed E-state index contributed by atoms with van der Waals surface area (Å²) in [5, 5.41) is 5.07. The van der Waals surface area contributed by atoms with E-state index in [0.29, 0.717) is 11.3 Å². The monoisotopic (exact) mass is 269 g/mol. The molecule has 1 aromatic rings. The molecule has 1 heterocycles. The minimum Gasteiger partial charge on any atom is -0.322 e. The number of halogens is 1. The summed E-state index contributed by atoms with van der Waals surface area (Å²) >= 11 is 6.28. The molecule has 4 heteroatoms. The summed E-state index contributed by atoms with van der Waals surface area (Å²) in [4.78, 5) is 0. The van der Waals surface area contributed by atoms with Gasteiger partial charge in [0.25, 0.3) is 0 Å². The van der Waals surface area contributed by atoms with E-state index in [0.717, 1.165) is 23.7 Å². The smallest absolute Gasteiger partial charge is 0.0834 e. The van der Waals surface area contributed by atoms with Gasteiger partial charge in [0.15, 0.2) is 0 Å². The van der Waals surface area contributed by atoms with Crippen molar-refractivity contribution >= 4 is 11.6 Å². The Hall–Kier alpha value is -0.540. The maximum absolute atomic E-state index is 6.51. The minimum atomic E-state index is 0.00375. The third-order valence-corrected chi connectivity index (χ3v) is 4.65. The molecule has 102 valence electrons. The molecule has 2 N–H and O–H groups in total. The van der Waals surface area contributed by atoms with Crippen LogP contribution in [0.25, 0.3) is 0 Å². The predicted molar refractivity (Wildman–Crippen MR) is 75.6 cm³/mol. The first-order valence-corrected chi connectivity index (χ1v) is 7.32. The second-order valence-corrected chi connectivity index (χ2v) is 6.52. The third kappa shape index (κ3) is 2.43. The van der Waals surface area contributed by atoms with Crippen LogP contribution in [0.4, 0.5) is 0 Å². The van der Waals surface area contributed by atoms with E-state index < -0.39 is 0 Å². The Morgan fingerprint density at radius 1 is 1.61 bits per heavy atom. The number of aromatic nitrogens is 2. The SMILES string of the molecule is CCCn1ncc(Cl)c1C(N)C1CCCC1(C)C. The number of nitrogens with two attached hydrogens (primary N) is 1. The highest BCUT2D eigenvalue weighted by Crippen LogP contribution is 2.48. The maximum Gasteiger partial charge on any atom is 0.0834 e. The molecule has 3 nitrogen and oxygen atoms in total. The second kappa shape index (κ2) is 5.22. The van der Waals surface area contributed by atoms with Gasteiger partial charge in [-0.1, -0.05) is 38.8 Å². The van der Waals surface area contributed by atoms with Crippen LogP contribution in [0, 0.1) is 11.3 Å². The molecule has 2 rings (SSSR count). The molecule has 0 bridgehead atoms. The van der Waals surface area contributed by atoms with Gasteiger partial charge in [0, 0.05) is 6.54 Å². The van der Waals surface area contributed by atoms with Crippen molar-refractivity contribution in [2.24, 2.45) is 17.1 Å². The van der Waals surface area contributed by atoms with Crippen molar-refractivity contribution in [1.29, 1.82) is 0 Å². The molecule has 0 saturated heterocycles. The van der Waals surface area contributed by atoms with Crippen molar-refractivity contribution in [3.05, 3.63) is 16.9 Å². The molecule has 0 aliphatic heterocycles. The lowest BCUT2D eigenvalue weighted by atomic mass is 9.77. The number of hydrogen-bond donors (Lipinski definition) is 1. The molecule has 2 atom stereocenters. The van der Waals surface area contributed by atoms with Gasteiger partial charge in [-0.25, -0.2) is 0 Å². The van der Waals surface area contributed by atoms with Gasteiger partial charge >= 0.3 is 0 Å². The lowest BCUT2D eigenvalue weighted by Crippen LogP contribution is -2.31. The van der Waals surface area contributed by atoms with Gasteiger partial charge in [-0.2, -0.15) is 5.10 Å². The van der Waals surface area contributed by atoms with Gasteiger partial charge in [0.1, 0.15) is 0 Å². The quantitative estimate of drug-likeness (QED) is 0.904. The molecule has 0 amide bonds. The van der Waals surface area contributed by atoms with Gasteiger partial charge < -0.3 is 5.73 Å². The maximum atomic E-state index is 6.51. The van der Waals surface area contributed by atoms with Crippen molar-refractivity contribution < 1.29 is 0 Å². The topological polar surface area (TPSA) is 43.8 Å². The van der Waals surface area contributed by atoms with E-state index in [1.165, 1.54) is 19.3 Å². The average Bonchev–Trinajstić information content (AvgIpc) is 2.82. The third-order valence-electron chi connectivity index (χ3n) is 4.36. The van der Waals surface area contributed by atoms with Crippen molar-refractivity contribution in [3.63, 3.8) is 0 Å². The van der Waals surface area contributed by atoms with Gasteiger partial charge in [-0.3, -0.25) is 4.68 Å². The zero-order valence-electron chi connectivity index (χ0n) is 11.6. The Labute approximate surface area is 115 Å². The lowest BCUT2D eigenvalue weighted by molar-refractivity contribution is 0.216. The summed E-state index contributed by atoms with van der Waals surface area (Å²) < 4.78 is 1.99. The minimum absolute atomic E-state index is 0.00375. The number of nitrogens with zero attached hydrogens (tertiary/aromatic N) is 2. The first kappa shape index (κ1) is 13.9. The van der Waals surface area contributed by atoms with Crippen LogP contribution in [0.1, 0.15) is 58.2 Å². The second-order valence-electron chi connectivity index (χ2n) is 6.11. The molecular weight excluding hydrogens is 246 g/mol. The summed E-state index contributed by atoms with van der Waals surface area (Å²) in [5.41, 5.74) is 7.84. The first-order valence-electron chi connectivity index (χ1n) is 6.94. The molecule has 0 radical (unpaired) electrons. The molecule has 0 spiro atoms. The molecule has 1 aliphatic rings. The molecule has 18 heavy (non-hydrogen) atoms. The van der Waals surface area contributed by atoms with Crippen LogP contribution in [-0.4, -0.2) is 9.78 Å². The molecule has 1 aromatic heterocycles. The fourth-order valence-corrected chi connectivity index (χ4v) is 3.57. The zero-order chi connectivity index (χ0) is 13.3. The molecule has 0 aromatic carbocycles. The van der Waals surface area contributed by atoms with E-state index in [-0.39, 0.29) is 6.04 Å². The van der Waals surface area contributed by atoms with Gasteiger partial charge in [0.2, 0.25) is 0 Å². The highest BCUT2D eigenvalue weighted by molar-refractivity contribution is 6.31. The highest BCUT2D eigenvalue weighted by atomic mass is 35.5.